The van der Waals surface area contributed by atoms with Gasteiger partial charge in [-0.3, -0.25) is 10.2 Å². The number of fused-ring (bicyclic) bond motifs is 1. The number of benzene rings is 2. The molecule has 0 bridgehead atoms. The van der Waals surface area contributed by atoms with Gasteiger partial charge in [-0.15, -0.1) is 0 Å². The van der Waals surface area contributed by atoms with E-state index in [2.05, 4.69) is 16.2 Å². The Hall–Kier alpha value is -2.60. The van der Waals surface area contributed by atoms with Crippen LogP contribution in [0, 0.1) is 0 Å². The molecule has 0 saturated heterocycles. The van der Waals surface area contributed by atoms with Gasteiger partial charge in [0.05, 0.1) is 5.69 Å². The van der Waals surface area contributed by atoms with E-state index in [1.54, 1.807) is 6.07 Å². The molecule has 0 saturated carbocycles. The smallest absolute Gasteiger partial charge is 0.337 e. The molecule has 6 heteroatoms. The van der Waals surface area contributed by atoms with Gasteiger partial charge in [0.15, 0.2) is 0 Å². The summed E-state index contributed by atoms with van der Waals surface area (Å²) in [6, 6.07) is 12.6. The van der Waals surface area contributed by atoms with E-state index in [9.17, 15) is 14.7 Å². The van der Waals surface area contributed by atoms with E-state index < -0.39 is 17.5 Å². The van der Waals surface area contributed by atoms with Crippen molar-refractivity contribution in [3.05, 3.63) is 42.5 Å². The summed E-state index contributed by atoms with van der Waals surface area (Å²) >= 11 is 0. The second-order valence-electron chi connectivity index (χ2n) is 5.12. The first-order valence-electron chi connectivity index (χ1n) is 6.45. The van der Waals surface area contributed by atoms with Gasteiger partial charge in [-0.05, 0) is 25.3 Å². The zero-order valence-corrected chi connectivity index (χ0v) is 11.8. The molecule has 2 aromatic rings. The molecular weight excluding hydrogens is 270 g/mol. The highest BCUT2D eigenvalue weighted by molar-refractivity contribution is 6.02. The minimum absolute atomic E-state index is 0.594. The number of amides is 3. The number of carbonyl (C=O) groups excluding carboxylic acids is 2. The summed E-state index contributed by atoms with van der Waals surface area (Å²) in [6.45, 7) is 2.65. The van der Waals surface area contributed by atoms with Crippen LogP contribution in [0.2, 0.25) is 0 Å². The standard InChI is InChI=1S/C15H17N3O3/c1-15(2,21)13(19)17-18-14(20)16-12-9-5-7-10-6-3-4-8-11(10)12/h3-9,21H,1-2H3,(H,17,19)(H2,16,18,20). The van der Waals surface area contributed by atoms with Crippen LogP contribution in [-0.4, -0.2) is 22.6 Å². The van der Waals surface area contributed by atoms with Crippen LogP contribution in [0.1, 0.15) is 13.8 Å². The second kappa shape index (κ2) is 5.80. The van der Waals surface area contributed by atoms with Gasteiger partial charge in [-0.25, -0.2) is 10.2 Å². The van der Waals surface area contributed by atoms with Crippen LogP contribution in [0.5, 0.6) is 0 Å². The van der Waals surface area contributed by atoms with E-state index in [0.29, 0.717) is 5.69 Å². The second-order valence-corrected chi connectivity index (χ2v) is 5.12. The monoisotopic (exact) mass is 287 g/mol. The summed E-state index contributed by atoms with van der Waals surface area (Å²) in [6.07, 6.45) is 0. The third-order valence-corrected chi connectivity index (χ3v) is 2.88. The summed E-state index contributed by atoms with van der Waals surface area (Å²) in [5, 5.41) is 14.0. The number of hydrazine groups is 1. The molecule has 21 heavy (non-hydrogen) atoms. The minimum atomic E-state index is -1.56. The Bertz CT molecular complexity index is 672. The van der Waals surface area contributed by atoms with E-state index in [1.165, 1.54) is 13.8 Å². The molecule has 0 aliphatic heterocycles. The molecule has 0 radical (unpaired) electrons. The first kappa shape index (κ1) is 14.8. The molecule has 0 fully saturated rings. The lowest BCUT2D eigenvalue weighted by Crippen LogP contribution is -2.51. The SMILES string of the molecule is CC(C)(O)C(=O)NNC(=O)Nc1cccc2ccccc12. The van der Waals surface area contributed by atoms with Crippen LogP contribution in [0.15, 0.2) is 42.5 Å². The summed E-state index contributed by atoms with van der Waals surface area (Å²) in [7, 11) is 0. The van der Waals surface area contributed by atoms with Crippen molar-refractivity contribution in [1.82, 2.24) is 10.9 Å². The lowest BCUT2D eigenvalue weighted by molar-refractivity contribution is -0.137. The molecule has 2 rings (SSSR count). The topological polar surface area (TPSA) is 90.5 Å². The summed E-state index contributed by atoms with van der Waals surface area (Å²) in [4.78, 5) is 23.2. The Kier molecular flexibility index (Phi) is 4.09. The molecule has 0 spiro atoms. The van der Waals surface area contributed by atoms with E-state index in [4.69, 9.17) is 0 Å². The third kappa shape index (κ3) is 3.70. The van der Waals surface area contributed by atoms with Gasteiger partial charge in [-0.2, -0.15) is 0 Å². The highest BCUT2D eigenvalue weighted by Gasteiger charge is 2.23. The number of rotatable bonds is 2. The quantitative estimate of drug-likeness (QED) is 0.634. The number of aliphatic hydroxyl groups is 1. The predicted octanol–water partition coefficient (Wildman–Crippen LogP) is 1.76. The Morgan fingerprint density at radius 3 is 2.38 bits per heavy atom. The summed E-state index contributed by atoms with van der Waals surface area (Å²) in [5.74, 6) is -0.699. The van der Waals surface area contributed by atoms with Gasteiger partial charge in [0, 0.05) is 5.39 Å². The fourth-order valence-electron chi connectivity index (χ4n) is 1.75. The Balaban J connectivity index is 2.04. The number of nitrogens with one attached hydrogen (secondary N) is 3. The highest BCUT2D eigenvalue weighted by atomic mass is 16.3. The van der Waals surface area contributed by atoms with E-state index in [-0.39, 0.29) is 0 Å². The van der Waals surface area contributed by atoms with Crippen molar-refractivity contribution in [2.75, 3.05) is 5.32 Å². The van der Waals surface area contributed by atoms with Crippen LogP contribution in [0.25, 0.3) is 10.8 Å². The van der Waals surface area contributed by atoms with Crippen molar-refractivity contribution >= 4 is 28.4 Å². The molecule has 6 nitrogen and oxygen atoms in total. The largest absolute Gasteiger partial charge is 0.381 e. The Morgan fingerprint density at radius 1 is 1.00 bits per heavy atom. The molecule has 0 heterocycles. The molecule has 3 amide bonds. The van der Waals surface area contributed by atoms with Crippen molar-refractivity contribution in [3.63, 3.8) is 0 Å². The maximum Gasteiger partial charge on any atom is 0.337 e. The van der Waals surface area contributed by atoms with Crippen molar-refractivity contribution in [2.24, 2.45) is 0 Å². The van der Waals surface area contributed by atoms with Gasteiger partial charge in [0.1, 0.15) is 5.60 Å². The molecule has 0 atom stereocenters. The molecular formula is C15H17N3O3. The van der Waals surface area contributed by atoms with E-state index in [0.717, 1.165) is 10.8 Å². The average molecular weight is 287 g/mol. The van der Waals surface area contributed by atoms with Gasteiger partial charge < -0.3 is 10.4 Å². The maximum atomic E-state index is 11.8. The maximum absolute atomic E-state index is 11.8. The molecule has 110 valence electrons. The number of hydrogen-bond donors (Lipinski definition) is 4. The Morgan fingerprint density at radius 2 is 1.67 bits per heavy atom. The Labute approximate surface area is 122 Å². The fourth-order valence-corrected chi connectivity index (χ4v) is 1.75. The first-order chi connectivity index (χ1) is 9.88. The summed E-state index contributed by atoms with van der Waals surface area (Å²) in [5.41, 5.74) is 3.40. The third-order valence-electron chi connectivity index (χ3n) is 2.88. The summed E-state index contributed by atoms with van der Waals surface area (Å²) < 4.78 is 0. The first-order valence-corrected chi connectivity index (χ1v) is 6.45. The molecule has 2 aromatic carbocycles. The molecule has 0 aromatic heterocycles. The van der Waals surface area contributed by atoms with E-state index in [1.807, 2.05) is 36.4 Å². The molecule has 0 unspecified atom stereocenters. The predicted molar refractivity (Wildman–Crippen MR) is 80.5 cm³/mol. The van der Waals surface area contributed by atoms with Gasteiger partial charge in [-0.1, -0.05) is 36.4 Å². The fraction of sp³-hybridized carbons (Fsp3) is 0.200. The lowest BCUT2D eigenvalue weighted by atomic mass is 10.1. The van der Waals surface area contributed by atoms with Crippen LogP contribution in [0.4, 0.5) is 10.5 Å². The van der Waals surface area contributed by atoms with Crippen LogP contribution >= 0.6 is 0 Å². The number of hydrogen-bond acceptors (Lipinski definition) is 3. The van der Waals surface area contributed by atoms with E-state index >= 15 is 0 Å². The van der Waals surface area contributed by atoms with Crippen LogP contribution in [-0.2, 0) is 4.79 Å². The van der Waals surface area contributed by atoms with Crippen molar-refractivity contribution in [2.45, 2.75) is 19.4 Å². The minimum Gasteiger partial charge on any atom is -0.381 e. The van der Waals surface area contributed by atoms with Crippen molar-refractivity contribution in [1.29, 1.82) is 0 Å². The number of anilines is 1. The lowest BCUT2D eigenvalue weighted by Gasteiger charge is -2.17. The van der Waals surface area contributed by atoms with Crippen LogP contribution in [0.3, 0.4) is 0 Å². The molecule has 0 aliphatic carbocycles. The van der Waals surface area contributed by atoms with Gasteiger partial charge >= 0.3 is 6.03 Å². The van der Waals surface area contributed by atoms with Gasteiger partial charge in [0.25, 0.3) is 5.91 Å². The zero-order chi connectivity index (χ0) is 15.5. The van der Waals surface area contributed by atoms with Crippen molar-refractivity contribution in [3.8, 4) is 0 Å². The number of urea groups is 1. The highest BCUT2D eigenvalue weighted by Crippen LogP contribution is 2.22. The molecule has 4 N–H and O–H groups in total. The van der Waals surface area contributed by atoms with Crippen LogP contribution < -0.4 is 16.2 Å². The van der Waals surface area contributed by atoms with Gasteiger partial charge in [0.2, 0.25) is 0 Å². The average Bonchev–Trinajstić information content (AvgIpc) is 2.44. The normalized spacial score (nSPS) is 11.0. The van der Waals surface area contributed by atoms with Crippen molar-refractivity contribution < 1.29 is 14.7 Å². The number of carbonyl (C=O) groups is 2. The zero-order valence-electron chi connectivity index (χ0n) is 11.8. The molecule has 0 aliphatic rings.